The summed E-state index contributed by atoms with van der Waals surface area (Å²) in [5.74, 6) is -5.26. The van der Waals surface area contributed by atoms with Crippen molar-refractivity contribution in [3.05, 3.63) is 88.0 Å². The van der Waals surface area contributed by atoms with Gasteiger partial charge in [0.15, 0.2) is 5.70 Å². The number of nitrogens with one attached hydrogen (secondary N) is 1. The van der Waals surface area contributed by atoms with E-state index in [1.54, 1.807) is 6.92 Å². The van der Waals surface area contributed by atoms with Gasteiger partial charge in [0.05, 0.1) is 30.4 Å². The van der Waals surface area contributed by atoms with E-state index in [1.807, 2.05) is 6.07 Å². The number of benzene rings is 2. The van der Waals surface area contributed by atoms with Crippen LogP contribution in [-0.2, 0) is 25.3 Å². The van der Waals surface area contributed by atoms with E-state index in [0.717, 1.165) is 23.1 Å². The summed E-state index contributed by atoms with van der Waals surface area (Å²) in [6, 6.07) is 10.8. The lowest BCUT2D eigenvalue weighted by molar-refractivity contribution is -0.148. The van der Waals surface area contributed by atoms with Gasteiger partial charge in [0.2, 0.25) is 11.8 Å². The van der Waals surface area contributed by atoms with Crippen LogP contribution in [0.3, 0.4) is 0 Å². The van der Waals surface area contributed by atoms with E-state index in [9.17, 15) is 27.6 Å². The van der Waals surface area contributed by atoms with E-state index in [4.69, 9.17) is 16.6 Å². The molecule has 3 unspecified atom stereocenters. The summed E-state index contributed by atoms with van der Waals surface area (Å²) in [7, 11) is 0. The molecule has 3 rings (SSSR count). The summed E-state index contributed by atoms with van der Waals surface area (Å²) in [6.45, 7) is 12.3. The number of hydrogen-bond acceptors (Lipinski definition) is 5. The molecule has 1 N–H and O–H groups in total. The number of amides is 2. The zero-order valence-corrected chi connectivity index (χ0v) is 20.7. The van der Waals surface area contributed by atoms with Gasteiger partial charge in [-0.05, 0) is 56.7 Å². The first kappa shape index (κ1) is 27.9. The summed E-state index contributed by atoms with van der Waals surface area (Å²) < 4.78 is 45.1. The van der Waals surface area contributed by atoms with Crippen molar-refractivity contribution in [2.45, 2.75) is 38.9 Å². The molecule has 0 saturated heterocycles. The molecule has 196 valence electrons. The zero-order valence-electron chi connectivity index (χ0n) is 20.7. The third-order valence-corrected chi connectivity index (χ3v) is 6.05. The van der Waals surface area contributed by atoms with Crippen LogP contribution in [0.2, 0.25) is 0 Å². The summed E-state index contributed by atoms with van der Waals surface area (Å²) in [5, 5.41) is 11.6. The fourth-order valence-corrected chi connectivity index (χ4v) is 4.25. The number of ether oxygens (including phenoxy) is 1. The first-order valence-corrected chi connectivity index (χ1v) is 11.5. The fraction of sp³-hybridized carbons (Fsp3) is 0.296. The number of hydrogen-bond donors (Lipinski definition) is 1. The molecule has 0 radical (unpaired) electrons. The maximum Gasteiger partial charge on any atom is 0.416 e. The SMILES string of the molecule is [C-]#[N+]C1=C(C)N(c2cccc(C(F)(F)F)c2)C(=O)C(C(=O)NC(C)C(=O)OCC)C1c1ccc(C#N)cc1. The Morgan fingerprint density at radius 1 is 1.24 bits per heavy atom. The average Bonchev–Trinajstić information content (AvgIpc) is 2.88. The molecule has 2 aromatic carbocycles. The molecule has 0 fully saturated rings. The highest BCUT2D eigenvalue weighted by Gasteiger charge is 2.47. The largest absolute Gasteiger partial charge is 0.464 e. The summed E-state index contributed by atoms with van der Waals surface area (Å²) in [4.78, 5) is 44.0. The molecule has 0 aromatic heterocycles. The molecule has 2 aromatic rings. The van der Waals surface area contributed by atoms with Crippen LogP contribution < -0.4 is 10.2 Å². The molecular weight excluding hydrogens is 501 g/mol. The van der Waals surface area contributed by atoms with Gasteiger partial charge in [-0.3, -0.25) is 14.5 Å². The van der Waals surface area contributed by atoms with Gasteiger partial charge in [-0.2, -0.15) is 18.4 Å². The van der Waals surface area contributed by atoms with Crippen LogP contribution in [0, 0.1) is 23.8 Å². The highest BCUT2D eigenvalue weighted by molar-refractivity contribution is 6.12. The van der Waals surface area contributed by atoms with Crippen LogP contribution in [0.15, 0.2) is 59.9 Å². The molecule has 0 saturated carbocycles. The summed E-state index contributed by atoms with van der Waals surface area (Å²) in [5.41, 5.74) is -0.486. The van der Waals surface area contributed by atoms with Crippen molar-refractivity contribution in [1.82, 2.24) is 5.32 Å². The van der Waals surface area contributed by atoms with Crippen molar-refractivity contribution in [2.75, 3.05) is 11.5 Å². The number of allylic oxidation sites excluding steroid dienone is 2. The second kappa shape index (κ2) is 11.2. The number of carbonyl (C=O) groups excluding carboxylic acids is 3. The summed E-state index contributed by atoms with van der Waals surface area (Å²) >= 11 is 0. The fourth-order valence-electron chi connectivity index (χ4n) is 4.25. The van der Waals surface area contributed by atoms with Crippen molar-refractivity contribution in [2.24, 2.45) is 5.92 Å². The van der Waals surface area contributed by atoms with Crippen molar-refractivity contribution in [3.8, 4) is 6.07 Å². The Balaban J connectivity index is 2.19. The maximum atomic E-state index is 13.9. The summed E-state index contributed by atoms with van der Waals surface area (Å²) in [6.07, 6.45) is -4.69. The molecule has 0 spiro atoms. The lowest BCUT2D eigenvalue weighted by Crippen LogP contribution is -2.52. The topological polar surface area (TPSA) is 104 Å². The van der Waals surface area contributed by atoms with E-state index >= 15 is 0 Å². The van der Waals surface area contributed by atoms with Gasteiger partial charge in [0.1, 0.15) is 12.0 Å². The highest BCUT2D eigenvalue weighted by Crippen LogP contribution is 2.43. The number of halogens is 3. The van der Waals surface area contributed by atoms with Gasteiger partial charge in [0, 0.05) is 17.3 Å². The predicted octanol–water partition coefficient (Wildman–Crippen LogP) is 4.54. The highest BCUT2D eigenvalue weighted by atomic mass is 19.4. The predicted molar refractivity (Wildman–Crippen MR) is 130 cm³/mol. The first-order chi connectivity index (χ1) is 17.9. The van der Waals surface area contributed by atoms with Crippen LogP contribution in [0.1, 0.15) is 43.4 Å². The van der Waals surface area contributed by atoms with E-state index in [1.165, 1.54) is 44.2 Å². The van der Waals surface area contributed by atoms with Gasteiger partial charge in [-0.1, -0.05) is 18.2 Å². The Morgan fingerprint density at radius 2 is 1.89 bits per heavy atom. The number of nitrogens with zero attached hydrogens (tertiary/aromatic N) is 3. The van der Waals surface area contributed by atoms with Crippen LogP contribution in [0.4, 0.5) is 18.9 Å². The van der Waals surface area contributed by atoms with Gasteiger partial charge in [-0.15, -0.1) is 0 Å². The smallest absolute Gasteiger partial charge is 0.416 e. The van der Waals surface area contributed by atoms with E-state index in [2.05, 4.69) is 10.2 Å². The Kier molecular flexibility index (Phi) is 8.22. The molecule has 1 aliphatic rings. The molecule has 3 atom stereocenters. The van der Waals surface area contributed by atoms with Crippen LogP contribution >= 0.6 is 0 Å². The lowest BCUT2D eigenvalue weighted by Gasteiger charge is -2.38. The number of nitriles is 1. The quantitative estimate of drug-likeness (QED) is 0.340. The second-order valence-corrected chi connectivity index (χ2v) is 8.48. The van der Waals surface area contributed by atoms with Crippen LogP contribution in [0.25, 0.3) is 4.85 Å². The van der Waals surface area contributed by atoms with Gasteiger partial charge >= 0.3 is 12.1 Å². The van der Waals surface area contributed by atoms with E-state index in [0.29, 0.717) is 11.1 Å². The molecule has 1 aliphatic heterocycles. The van der Waals surface area contributed by atoms with Crippen molar-refractivity contribution in [1.29, 1.82) is 5.26 Å². The molecule has 2 amide bonds. The van der Waals surface area contributed by atoms with Gasteiger partial charge < -0.3 is 10.1 Å². The number of esters is 1. The lowest BCUT2D eigenvalue weighted by atomic mass is 9.78. The zero-order chi connectivity index (χ0) is 28.2. The van der Waals surface area contributed by atoms with Gasteiger partial charge in [0.25, 0.3) is 0 Å². The minimum absolute atomic E-state index is 0.0457. The minimum Gasteiger partial charge on any atom is -0.464 e. The average molecular weight is 524 g/mol. The van der Waals surface area contributed by atoms with Crippen molar-refractivity contribution >= 4 is 23.5 Å². The Morgan fingerprint density at radius 3 is 2.45 bits per heavy atom. The third kappa shape index (κ3) is 5.52. The van der Waals surface area contributed by atoms with Crippen LogP contribution in [0.5, 0.6) is 0 Å². The molecule has 0 aliphatic carbocycles. The molecule has 1 heterocycles. The maximum absolute atomic E-state index is 13.9. The normalized spacial score (nSPS) is 18.3. The van der Waals surface area contributed by atoms with E-state index < -0.39 is 47.4 Å². The number of carbonyl (C=O) groups is 3. The molecule has 0 bridgehead atoms. The first-order valence-electron chi connectivity index (χ1n) is 11.5. The monoisotopic (exact) mass is 524 g/mol. The number of anilines is 1. The number of rotatable bonds is 6. The van der Waals surface area contributed by atoms with Crippen molar-refractivity contribution < 1.29 is 32.3 Å². The Bertz CT molecular complexity index is 1370. The third-order valence-electron chi connectivity index (χ3n) is 6.05. The molecule has 8 nitrogen and oxygen atoms in total. The Labute approximate surface area is 217 Å². The minimum atomic E-state index is -4.69. The second-order valence-electron chi connectivity index (χ2n) is 8.48. The van der Waals surface area contributed by atoms with E-state index in [-0.39, 0.29) is 23.7 Å². The molecular formula is C27H23F3N4O4. The van der Waals surface area contributed by atoms with Crippen molar-refractivity contribution in [3.63, 3.8) is 0 Å². The number of alkyl halides is 3. The van der Waals surface area contributed by atoms with Crippen LogP contribution in [-0.4, -0.2) is 30.4 Å². The standard InChI is InChI=1S/C27H23F3N4O4/c1-5-38-26(37)15(2)33-24(35)22-21(18-11-9-17(14-31)10-12-18)23(32-4)16(3)34(25(22)36)20-8-6-7-19(13-20)27(28,29)30/h6-13,15,21-22H,5H2,1-3H3,(H,33,35). The molecule has 38 heavy (non-hydrogen) atoms. The molecule has 11 heteroatoms. The Hall–Kier alpha value is -4.64. The van der Waals surface area contributed by atoms with Gasteiger partial charge in [-0.25, -0.2) is 9.64 Å².